The summed E-state index contributed by atoms with van der Waals surface area (Å²) >= 11 is 0. The van der Waals surface area contributed by atoms with Crippen molar-refractivity contribution in [2.45, 2.75) is 45.4 Å². The van der Waals surface area contributed by atoms with Crippen LogP contribution in [-0.2, 0) is 4.74 Å². The molecule has 6 nitrogen and oxygen atoms in total. The van der Waals surface area contributed by atoms with Crippen LogP contribution < -0.4 is 10.6 Å². The Kier molecular flexibility index (Phi) is 4.20. The fraction of sp³-hybridized carbons (Fsp3) is 0.818. The number of ether oxygens (including phenoxy) is 1. The van der Waals surface area contributed by atoms with Gasteiger partial charge in [0, 0.05) is 13.6 Å². The fourth-order valence-corrected chi connectivity index (χ4v) is 1.68. The van der Waals surface area contributed by atoms with Crippen molar-refractivity contribution in [1.29, 1.82) is 0 Å². The standard InChI is InChI=1S/C11H21N3O3/c1-11(2,3)17-10(16)14-7-5-6-8(14)13-9(15)12-4/h8H,5-7H2,1-4H3,(H2,12,13,15)/t8-/m0/s1. The molecule has 0 bridgehead atoms. The predicted octanol–water partition coefficient (Wildman–Crippen LogP) is 1.27. The molecule has 0 aromatic heterocycles. The highest BCUT2D eigenvalue weighted by molar-refractivity contribution is 5.75. The molecular weight excluding hydrogens is 222 g/mol. The van der Waals surface area contributed by atoms with E-state index in [1.807, 2.05) is 20.8 Å². The highest BCUT2D eigenvalue weighted by atomic mass is 16.6. The maximum atomic E-state index is 11.9. The van der Waals surface area contributed by atoms with Crippen LogP contribution in [0.5, 0.6) is 0 Å². The van der Waals surface area contributed by atoms with E-state index in [-0.39, 0.29) is 18.3 Å². The first-order chi connectivity index (χ1) is 7.83. The second-order valence-corrected chi connectivity index (χ2v) is 5.06. The lowest BCUT2D eigenvalue weighted by Crippen LogP contribution is -2.50. The number of hydrogen-bond donors (Lipinski definition) is 2. The molecule has 3 amide bonds. The van der Waals surface area contributed by atoms with E-state index in [0.717, 1.165) is 12.8 Å². The molecule has 0 radical (unpaired) electrons. The van der Waals surface area contributed by atoms with Crippen molar-refractivity contribution < 1.29 is 14.3 Å². The molecule has 1 saturated heterocycles. The summed E-state index contributed by atoms with van der Waals surface area (Å²) in [5, 5.41) is 5.19. The second kappa shape index (κ2) is 5.25. The minimum Gasteiger partial charge on any atom is -0.444 e. The molecule has 98 valence electrons. The van der Waals surface area contributed by atoms with Crippen LogP contribution in [0.3, 0.4) is 0 Å². The minimum atomic E-state index is -0.517. The Balaban J connectivity index is 2.57. The van der Waals surface area contributed by atoms with Crippen molar-refractivity contribution >= 4 is 12.1 Å². The van der Waals surface area contributed by atoms with E-state index >= 15 is 0 Å². The SMILES string of the molecule is CNC(=O)N[C@@H]1CCCN1C(=O)OC(C)(C)C. The van der Waals surface area contributed by atoms with Gasteiger partial charge in [-0.15, -0.1) is 0 Å². The van der Waals surface area contributed by atoms with Crippen molar-refractivity contribution in [2.75, 3.05) is 13.6 Å². The Morgan fingerprint density at radius 3 is 2.53 bits per heavy atom. The largest absolute Gasteiger partial charge is 0.444 e. The zero-order valence-electron chi connectivity index (χ0n) is 10.9. The minimum absolute atomic E-state index is 0.273. The Morgan fingerprint density at radius 1 is 1.35 bits per heavy atom. The van der Waals surface area contributed by atoms with Gasteiger partial charge in [0.2, 0.25) is 0 Å². The molecule has 1 atom stereocenters. The third-order valence-corrected chi connectivity index (χ3v) is 2.41. The van der Waals surface area contributed by atoms with Gasteiger partial charge in [-0.3, -0.25) is 4.90 Å². The summed E-state index contributed by atoms with van der Waals surface area (Å²) in [6.07, 6.45) is 0.974. The van der Waals surface area contributed by atoms with Crippen molar-refractivity contribution in [3.8, 4) is 0 Å². The number of likely N-dealkylation sites (tertiary alicyclic amines) is 1. The van der Waals surface area contributed by atoms with Gasteiger partial charge in [-0.2, -0.15) is 0 Å². The van der Waals surface area contributed by atoms with Gasteiger partial charge in [0.1, 0.15) is 11.8 Å². The highest BCUT2D eigenvalue weighted by Crippen LogP contribution is 2.18. The molecule has 0 aliphatic carbocycles. The number of nitrogens with zero attached hydrogens (tertiary/aromatic N) is 1. The zero-order chi connectivity index (χ0) is 13.1. The molecule has 0 unspecified atom stereocenters. The predicted molar refractivity (Wildman–Crippen MR) is 63.6 cm³/mol. The van der Waals surface area contributed by atoms with E-state index in [1.54, 1.807) is 11.9 Å². The van der Waals surface area contributed by atoms with Gasteiger partial charge in [0.05, 0.1) is 0 Å². The maximum Gasteiger partial charge on any atom is 0.411 e. The summed E-state index contributed by atoms with van der Waals surface area (Å²) < 4.78 is 5.28. The Morgan fingerprint density at radius 2 is 2.00 bits per heavy atom. The zero-order valence-corrected chi connectivity index (χ0v) is 10.9. The van der Waals surface area contributed by atoms with Crippen molar-refractivity contribution in [1.82, 2.24) is 15.5 Å². The first kappa shape index (κ1) is 13.6. The molecule has 1 rings (SSSR count). The third kappa shape index (κ3) is 4.13. The van der Waals surface area contributed by atoms with Gasteiger partial charge < -0.3 is 15.4 Å². The third-order valence-electron chi connectivity index (χ3n) is 2.41. The summed E-state index contributed by atoms with van der Waals surface area (Å²) in [5.41, 5.74) is -0.517. The molecule has 17 heavy (non-hydrogen) atoms. The van der Waals surface area contributed by atoms with Crippen molar-refractivity contribution in [2.24, 2.45) is 0 Å². The number of carbonyl (C=O) groups excluding carboxylic acids is 2. The molecule has 1 fully saturated rings. The molecular formula is C11H21N3O3. The van der Waals surface area contributed by atoms with Gasteiger partial charge in [-0.1, -0.05) is 0 Å². The Hall–Kier alpha value is -1.46. The average Bonchev–Trinajstić information content (AvgIpc) is 2.63. The molecule has 1 aliphatic rings. The molecule has 0 aromatic carbocycles. The highest BCUT2D eigenvalue weighted by Gasteiger charge is 2.32. The van der Waals surface area contributed by atoms with E-state index in [9.17, 15) is 9.59 Å². The molecule has 0 spiro atoms. The molecule has 6 heteroatoms. The lowest BCUT2D eigenvalue weighted by Gasteiger charge is -2.28. The lowest BCUT2D eigenvalue weighted by atomic mass is 10.2. The second-order valence-electron chi connectivity index (χ2n) is 5.06. The average molecular weight is 243 g/mol. The summed E-state index contributed by atoms with van der Waals surface area (Å²) in [5.74, 6) is 0. The molecule has 1 aliphatic heterocycles. The van der Waals surface area contributed by atoms with Gasteiger partial charge in [0.15, 0.2) is 0 Å². The van der Waals surface area contributed by atoms with Crippen LogP contribution in [0.25, 0.3) is 0 Å². The maximum absolute atomic E-state index is 11.9. The van der Waals surface area contributed by atoms with Gasteiger partial charge in [-0.25, -0.2) is 9.59 Å². The van der Waals surface area contributed by atoms with E-state index in [4.69, 9.17) is 4.74 Å². The molecule has 0 aromatic rings. The molecule has 1 heterocycles. The summed E-state index contributed by atoms with van der Waals surface area (Å²) in [6.45, 7) is 6.08. The van der Waals surface area contributed by atoms with E-state index in [2.05, 4.69) is 10.6 Å². The van der Waals surface area contributed by atoms with Crippen LogP contribution in [0, 0.1) is 0 Å². The quantitative estimate of drug-likeness (QED) is 0.728. The number of hydrogen-bond acceptors (Lipinski definition) is 3. The smallest absolute Gasteiger partial charge is 0.411 e. The topological polar surface area (TPSA) is 70.7 Å². The van der Waals surface area contributed by atoms with Crippen LogP contribution in [0.4, 0.5) is 9.59 Å². The number of carbonyl (C=O) groups is 2. The van der Waals surface area contributed by atoms with Crippen LogP contribution in [0.15, 0.2) is 0 Å². The first-order valence-corrected chi connectivity index (χ1v) is 5.81. The normalized spacial score (nSPS) is 20.0. The van der Waals surface area contributed by atoms with Gasteiger partial charge in [-0.05, 0) is 33.6 Å². The number of urea groups is 1. The van der Waals surface area contributed by atoms with E-state index < -0.39 is 5.60 Å². The van der Waals surface area contributed by atoms with Crippen LogP contribution in [0.2, 0.25) is 0 Å². The van der Waals surface area contributed by atoms with Gasteiger partial charge in [0.25, 0.3) is 0 Å². The molecule has 2 N–H and O–H groups in total. The van der Waals surface area contributed by atoms with Gasteiger partial charge >= 0.3 is 12.1 Å². The Bertz CT molecular complexity index is 299. The van der Waals surface area contributed by atoms with Crippen LogP contribution >= 0.6 is 0 Å². The van der Waals surface area contributed by atoms with Crippen LogP contribution in [0.1, 0.15) is 33.6 Å². The Labute approximate surface area is 102 Å². The fourth-order valence-electron chi connectivity index (χ4n) is 1.68. The number of nitrogens with one attached hydrogen (secondary N) is 2. The number of amides is 3. The summed E-state index contributed by atoms with van der Waals surface area (Å²) in [7, 11) is 1.54. The van der Waals surface area contributed by atoms with E-state index in [1.165, 1.54) is 0 Å². The van der Waals surface area contributed by atoms with Crippen molar-refractivity contribution in [3.05, 3.63) is 0 Å². The van der Waals surface area contributed by atoms with Crippen molar-refractivity contribution in [3.63, 3.8) is 0 Å². The monoisotopic (exact) mass is 243 g/mol. The first-order valence-electron chi connectivity index (χ1n) is 5.81. The lowest BCUT2D eigenvalue weighted by molar-refractivity contribution is 0.0211. The number of rotatable bonds is 1. The summed E-state index contributed by atoms with van der Waals surface area (Å²) in [6, 6.07) is -0.287. The van der Waals surface area contributed by atoms with Crippen LogP contribution in [-0.4, -0.2) is 42.4 Å². The molecule has 0 saturated carbocycles. The van der Waals surface area contributed by atoms with E-state index in [0.29, 0.717) is 6.54 Å². The summed E-state index contributed by atoms with van der Waals surface area (Å²) in [4.78, 5) is 24.6.